The lowest BCUT2D eigenvalue weighted by Gasteiger charge is -2.38. The van der Waals surface area contributed by atoms with E-state index in [9.17, 15) is 0 Å². The van der Waals surface area contributed by atoms with Crippen molar-refractivity contribution in [3.63, 3.8) is 0 Å². The predicted octanol–water partition coefficient (Wildman–Crippen LogP) is 3.91. The molecule has 1 fully saturated rings. The third-order valence-electron chi connectivity index (χ3n) is 4.58. The van der Waals surface area contributed by atoms with Crippen LogP contribution in [-0.2, 0) is 10.2 Å². The average Bonchev–Trinajstić information content (AvgIpc) is 2.57. The zero-order valence-corrected chi connectivity index (χ0v) is 14.4. The lowest BCUT2D eigenvalue weighted by molar-refractivity contribution is 0.0543. The van der Waals surface area contributed by atoms with Gasteiger partial charge in [-0.25, -0.2) is 4.98 Å². The first-order chi connectivity index (χ1) is 11.1. The molecule has 2 aromatic rings. The molecule has 0 radical (unpaired) electrons. The van der Waals surface area contributed by atoms with Gasteiger partial charge in [0.05, 0.1) is 11.4 Å². The molecule has 1 saturated heterocycles. The van der Waals surface area contributed by atoms with Crippen LogP contribution in [0.1, 0.15) is 29.8 Å². The molecule has 23 heavy (non-hydrogen) atoms. The molecule has 0 saturated carbocycles. The molecule has 0 amide bonds. The van der Waals surface area contributed by atoms with E-state index in [2.05, 4.69) is 27.4 Å². The Hall–Kier alpha value is -1.65. The van der Waals surface area contributed by atoms with Crippen LogP contribution in [0.2, 0.25) is 5.02 Å². The maximum Gasteiger partial charge on any atom is 0.147 e. The molecule has 0 aliphatic carbocycles. The molecule has 0 unspecified atom stereocenters. The number of hydrogen-bond donors (Lipinski definition) is 1. The maximum absolute atomic E-state index is 6.05. The normalized spacial score (nSPS) is 17.0. The molecular weight excluding hydrogens is 310 g/mol. The monoisotopic (exact) mass is 331 g/mol. The van der Waals surface area contributed by atoms with Crippen molar-refractivity contribution in [2.45, 2.75) is 32.1 Å². The average molecular weight is 332 g/mol. The van der Waals surface area contributed by atoms with E-state index >= 15 is 0 Å². The van der Waals surface area contributed by atoms with Crippen molar-refractivity contribution in [3.05, 3.63) is 52.4 Å². The minimum absolute atomic E-state index is 0.0424. The van der Waals surface area contributed by atoms with Crippen LogP contribution < -0.4 is 5.32 Å². The summed E-state index contributed by atoms with van der Waals surface area (Å²) in [4.78, 5) is 8.95. The van der Waals surface area contributed by atoms with E-state index in [0.29, 0.717) is 0 Å². The Kier molecular flexibility index (Phi) is 4.83. The number of aryl methyl sites for hydroxylation is 2. The van der Waals surface area contributed by atoms with E-state index < -0.39 is 0 Å². The molecule has 0 atom stereocenters. The van der Waals surface area contributed by atoms with Gasteiger partial charge in [-0.05, 0) is 44.4 Å². The van der Waals surface area contributed by atoms with Gasteiger partial charge in [-0.3, -0.25) is 4.98 Å². The number of anilines is 1. The molecule has 1 N–H and O–H groups in total. The van der Waals surface area contributed by atoms with Crippen molar-refractivity contribution in [3.8, 4) is 0 Å². The van der Waals surface area contributed by atoms with Gasteiger partial charge in [0.2, 0.25) is 0 Å². The summed E-state index contributed by atoms with van der Waals surface area (Å²) >= 11 is 6.05. The molecule has 0 bridgehead atoms. The number of nitrogens with zero attached hydrogens (tertiary/aromatic N) is 2. The second kappa shape index (κ2) is 6.85. The van der Waals surface area contributed by atoms with Crippen LogP contribution in [0.4, 0.5) is 5.82 Å². The molecule has 4 nitrogen and oxygen atoms in total. The molecule has 1 aliphatic rings. The Morgan fingerprint density at radius 2 is 1.87 bits per heavy atom. The van der Waals surface area contributed by atoms with Gasteiger partial charge in [0.15, 0.2) is 0 Å². The first-order valence-electron chi connectivity index (χ1n) is 7.97. The van der Waals surface area contributed by atoms with Crippen LogP contribution >= 0.6 is 11.6 Å². The molecular formula is C18H22ClN3O. The topological polar surface area (TPSA) is 47.0 Å². The maximum atomic E-state index is 6.05. The molecule has 1 aliphatic heterocycles. The van der Waals surface area contributed by atoms with Crippen LogP contribution in [0.3, 0.4) is 0 Å². The fraction of sp³-hybridized carbons (Fsp3) is 0.444. The highest BCUT2D eigenvalue weighted by Crippen LogP contribution is 2.35. The third kappa shape index (κ3) is 3.65. The van der Waals surface area contributed by atoms with Crippen molar-refractivity contribution in [2.24, 2.45) is 0 Å². The summed E-state index contributed by atoms with van der Waals surface area (Å²) in [6, 6.07) is 8.19. The first-order valence-corrected chi connectivity index (χ1v) is 8.35. The minimum atomic E-state index is 0.0424. The number of rotatable bonds is 4. The standard InChI is InChI=1S/C18H22ClN3O/c1-13-11-20-14(2)17(22-13)21-12-18(7-9-23-10-8-18)15-3-5-16(19)6-4-15/h3-6,11H,7-10,12H2,1-2H3,(H,21,22). The highest BCUT2D eigenvalue weighted by atomic mass is 35.5. The van der Waals surface area contributed by atoms with Gasteiger partial charge < -0.3 is 10.1 Å². The summed E-state index contributed by atoms with van der Waals surface area (Å²) in [5, 5.41) is 4.28. The smallest absolute Gasteiger partial charge is 0.147 e. The Morgan fingerprint density at radius 3 is 2.57 bits per heavy atom. The van der Waals surface area contributed by atoms with Crippen LogP contribution in [0.15, 0.2) is 30.5 Å². The zero-order valence-electron chi connectivity index (χ0n) is 13.6. The Labute approximate surface area is 142 Å². The molecule has 122 valence electrons. The number of halogens is 1. The zero-order chi connectivity index (χ0) is 16.3. The summed E-state index contributed by atoms with van der Waals surface area (Å²) in [6.07, 6.45) is 3.77. The molecule has 1 aromatic heterocycles. The summed E-state index contributed by atoms with van der Waals surface area (Å²) < 4.78 is 5.58. The third-order valence-corrected chi connectivity index (χ3v) is 4.83. The van der Waals surface area contributed by atoms with E-state index in [1.165, 1.54) is 5.56 Å². The summed E-state index contributed by atoms with van der Waals surface area (Å²) in [7, 11) is 0. The summed E-state index contributed by atoms with van der Waals surface area (Å²) in [5.74, 6) is 0.866. The van der Waals surface area contributed by atoms with Gasteiger partial charge in [-0.1, -0.05) is 23.7 Å². The predicted molar refractivity (Wildman–Crippen MR) is 93.2 cm³/mol. The van der Waals surface area contributed by atoms with Crippen molar-refractivity contribution in [1.29, 1.82) is 0 Å². The fourth-order valence-electron chi connectivity index (χ4n) is 3.09. The van der Waals surface area contributed by atoms with Crippen molar-refractivity contribution >= 4 is 17.4 Å². The van der Waals surface area contributed by atoms with Crippen LogP contribution in [0, 0.1) is 13.8 Å². The van der Waals surface area contributed by atoms with E-state index in [4.69, 9.17) is 16.3 Å². The van der Waals surface area contributed by atoms with Gasteiger partial charge in [0.25, 0.3) is 0 Å². The SMILES string of the molecule is Cc1cnc(C)c(NCC2(c3ccc(Cl)cc3)CCOCC2)n1. The van der Waals surface area contributed by atoms with Crippen LogP contribution in [0.5, 0.6) is 0 Å². The van der Waals surface area contributed by atoms with E-state index in [1.54, 1.807) is 6.20 Å². The van der Waals surface area contributed by atoms with Gasteiger partial charge in [0.1, 0.15) is 5.82 Å². The Bertz CT molecular complexity index is 666. The van der Waals surface area contributed by atoms with E-state index in [-0.39, 0.29) is 5.41 Å². The number of ether oxygens (including phenoxy) is 1. The summed E-state index contributed by atoms with van der Waals surface area (Å²) in [6.45, 7) is 6.32. The van der Waals surface area contributed by atoms with Crippen molar-refractivity contribution in [2.75, 3.05) is 25.1 Å². The minimum Gasteiger partial charge on any atom is -0.381 e. The number of benzene rings is 1. The fourth-order valence-corrected chi connectivity index (χ4v) is 3.22. The molecule has 1 aromatic carbocycles. The highest BCUT2D eigenvalue weighted by Gasteiger charge is 2.34. The second-order valence-corrected chi connectivity index (χ2v) is 6.63. The Balaban J connectivity index is 1.84. The Morgan fingerprint density at radius 1 is 1.17 bits per heavy atom. The quantitative estimate of drug-likeness (QED) is 0.922. The van der Waals surface area contributed by atoms with Crippen molar-refractivity contribution in [1.82, 2.24) is 9.97 Å². The lowest BCUT2D eigenvalue weighted by Crippen LogP contribution is -2.40. The van der Waals surface area contributed by atoms with E-state index in [0.717, 1.165) is 54.8 Å². The molecule has 2 heterocycles. The molecule has 5 heteroatoms. The number of nitrogens with one attached hydrogen (secondary N) is 1. The second-order valence-electron chi connectivity index (χ2n) is 6.20. The number of hydrogen-bond acceptors (Lipinski definition) is 4. The van der Waals surface area contributed by atoms with Gasteiger partial charge in [-0.2, -0.15) is 0 Å². The first kappa shape index (κ1) is 16.2. The van der Waals surface area contributed by atoms with Gasteiger partial charge in [0, 0.05) is 36.4 Å². The van der Waals surface area contributed by atoms with Gasteiger partial charge in [-0.15, -0.1) is 0 Å². The highest BCUT2D eigenvalue weighted by molar-refractivity contribution is 6.30. The molecule has 3 rings (SSSR count). The number of aromatic nitrogens is 2. The van der Waals surface area contributed by atoms with Crippen LogP contribution in [-0.4, -0.2) is 29.7 Å². The van der Waals surface area contributed by atoms with Gasteiger partial charge >= 0.3 is 0 Å². The van der Waals surface area contributed by atoms with Crippen molar-refractivity contribution < 1.29 is 4.74 Å². The summed E-state index contributed by atoms with van der Waals surface area (Å²) in [5.41, 5.74) is 3.19. The van der Waals surface area contributed by atoms with Crippen LogP contribution in [0.25, 0.3) is 0 Å². The van der Waals surface area contributed by atoms with E-state index in [1.807, 2.05) is 26.0 Å². The molecule has 0 spiro atoms. The largest absolute Gasteiger partial charge is 0.381 e. The lowest BCUT2D eigenvalue weighted by atomic mass is 9.74.